The predicted octanol–water partition coefficient (Wildman–Crippen LogP) is -0.113. The van der Waals surface area contributed by atoms with Crippen molar-refractivity contribution in [2.24, 2.45) is 0 Å². The summed E-state index contributed by atoms with van der Waals surface area (Å²) in [6, 6.07) is -0.0694. The van der Waals surface area contributed by atoms with Crippen molar-refractivity contribution in [3.63, 3.8) is 0 Å². The van der Waals surface area contributed by atoms with Crippen LogP contribution >= 0.6 is 0 Å². The predicted molar refractivity (Wildman–Crippen MR) is 28.1 cm³/mol. The lowest BCUT2D eigenvalue weighted by Crippen LogP contribution is -2.31. The molecule has 0 bridgehead atoms. The molecule has 0 heterocycles. The maximum absolute atomic E-state index is 10.3. The highest BCUT2D eigenvalue weighted by Gasteiger charge is 1.94. The molecule has 42 valence electrons. The number of urea groups is 1. The van der Waals surface area contributed by atoms with Crippen molar-refractivity contribution in [2.75, 3.05) is 21.1 Å². The van der Waals surface area contributed by atoms with Crippen LogP contribution in [0.5, 0.6) is 0 Å². The smallest absolute Gasteiger partial charge is 0.316 e. The van der Waals surface area contributed by atoms with Crippen LogP contribution in [0, 0.1) is 0 Å². The SMILES string of the molecule is CNC(=O)N(C)C. The normalized spacial score (nSPS) is 7.86. The largest absolute Gasteiger partial charge is 0.341 e. The lowest BCUT2D eigenvalue weighted by atomic mass is 10.8. The molecule has 7 heavy (non-hydrogen) atoms. The van der Waals surface area contributed by atoms with Crippen molar-refractivity contribution < 1.29 is 4.79 Å². The minimum Gasteiger partial charge on any atom is -0.341 e. The van der Waals surface area contributed by atoms with Gasteiger partial charge in [0.15, 0.2) is 0 Å². The van der Waals surface area contributed by atoms with Gasteiger partial charge in [0, 0.05) is 21.1 Å². The zero-order valence-electron chi connectivity index (χ0n) is 4.86. The molecule has 3 nitrogen and oxygen atoms in total. The molecule has 0 saturated carbocycles. The summed E-state index contributed by atoms with van der Waals surface area (Å²) in [5, 5.41) is 2.45. The molecule has 0 fully saturated rings. The van der Waals surface area contributed by atoms with Crippen LogP contribution in [0.15, 0.2) is 0 Å². The summed E-state index contributed by atoms with van der Waals surface area (Å²) in [5.74, 6) is 0. The Morgan fingerprint density at radius 3 is 2.00 bits per heavy atom. The Balaban J connectivity index is 3.35. The minimum atomic E-state index is -0.0694. The fourth-order valence-corrected chi connectivity index (χ4v) is 0.224. The second-order valence-electron chi connectivity index (χ2n) is 1.45. The third-order valence-corrected chi connectivity index (χ3v) is 0.620. The summed E-state index contributed by atoms with van der Waals surface area (Å²) in [6.45, 7) is 0. The molecule has 0 aliphatic heterocycles. The van der Waals surface area contributed by atoms with E-state index in [0.29, 0.717) is 0 Å². The number of amides is 2. The maximum atomic E-state index is 10.3. The van der Waals surface area contributed by atoms with E-state index in [9.17, 15) is 4.79 Å². The summed E-state index contributed by atoms with van der Waals surface area (Å²) in [7, 11) is 4.99. The molecule has 0 saturated heterocycles. The van der Waals surface area contributed by atoms with Gasteiger partial charge in [0.25, 0.3) is 0 Å². The first-order chi connectivity index (χ1) is 3.18. The number of hydrogen-bond donors (Lipinski definition) is 1. The Hall–Kier alpha value is -0.730. The molecule has 0 aromatic heterocycles. The molecule has 0 radical (unpaired) electrons. The lowest BCUT2D eigenvalue weighted by molar-refractivity contribution is 0.219. The Morgan fingerprint density at radius 2 is 2.00 bits per heavy atom. The van der Waals surface area contributed by atoms with Gasteiger partial charge in [0.1, 0.15) is 0 Å². The van der Waals surface area contributed by atoms with Crippen LogP contribution in [0.25, 0.3) is 0 Å². The Bertz CT molecular complexity index is 70.1. The number of carbonyl (C=O) groups is 1. The highest BCUT2D eigenvalue weighted by molar-refractivity contribution is 5.72. The van der Waals surface area contributed by atoms with E-state index in [0.717, 1.165) is 0 Å². The Labute approximate surface area is 43.3 Å². The molecule has 0 aliphatic rings. The van der Waals surface area contributed by atoms with Crippen LogP contribution in [0.4, 0.5) is 4.79 Å². The molecule has 2 amide bonds. The maximum Gasteiger partial charge on any atom is 0.316 e. The molecule has 0 atom stereocenters. The van der Waals surface area contributed by atoms with Crippen LogP contribution in [0.3, 0.4) is 0 Å². The number of nitrogens with one attached hydrogen (secondary N) is 1. The second kappa shape index (κ2) is 2.44. The molecule has 3 heteroatoms. The first-order valence-corrected chi connectivity index (χ1v) is 2.07. The highest BCUT2D eigenvalue weighted by Crippen LogP contribution is 1.70. The number of nitrogens with zero attached hydrogens (tertiary/aromatic N) is 1. The molecular formula is C4H10N2O. The zero-order valence-corrected chi connectivity index (χ0v) is 4.86. The van der Waals surface area contributed by atoms with E-state index >= 15 is 0 Å². The van der Waals surface area contributed by atoms with Gasteiger partial charge in [-0.2, -0.15) is 0 Å². The number of hydrogen-bond acceptors (Lipinski definition) is 1. The van der Waals surface area contributed by atoms with Crippen LogP contribution in [0.1, 0.15) is 0 Å². The fourth-order valence-electron chi connectivity index (χ4n) is 0.224. The van der Waals surface area contributed by atoms with Gasteiger partial charge in [-0.05, 0) is 0 Å². The van der Waals surface area contributed by atoms with Crippen molar-refractivity contribution in [2.45, 2.75) is 0 Å². The minimum absolute atomic E-state index is 0.0694. The monoisotopic (exact) mass is 102 g/mol. The Kier molecular flexibility index (Phi) is 2.19. The molecule has 1 N–H and O–H groups in total. The average Bonchev–Trinajstić information content (AvgIpc) is 1.65. The van der Waals surface area contributed by atoms with Crippen molar-refractivity contribution in [3.05, 3.63) is 0 Å². The molecule has 0 spiro atoms. The lowest BCUT2D eigenvalue weighted by Gasteiger charge is -2.06. The summed E-state index contributed by atoms with van der Waals surface area (Å²) in [6.07, 6.45) is 0. The third-order valence-electron chi connectivity index (χ3n) is 0.620. The van der Waals surface area contributed by atoms with E-state index in [1.54, 1.807) is 21.1 Å². The highest BCUT2D eigenvalue weighted by atomic mass is 16.2. The standard InChI is InChI=1S/C4H10N2O/c1-5-4(7)6(2)3/h1-3H3,(H,5,7). The molecule has 0 aromatic carbocycles. The van der Waals surface area contributed by atoms with E-state index < -0.39 is 0 Å². The molecule has 0 unspecified atom stereocenters. The summed E-state index contributed by atoms with van der Waals surface area (Å²) in [4.78, 5) is 11.8. The third kappa shape index (κ3) is 2.03. The van der Waals surface area contributed by atoms with Crippen molar-refractivity contribution in [1.29, 1.82) is 0 Å². The average molecular weight is 102 g/mol. The van der Waals surface area contributed by atoms with E-state index in [2.05, 4.69) is 5.32 Å². The van der Waals surface area contributed by atoms with E-state index in [-0.39, 0.29) is 6.03 Å². The molecule has 0 rings (SSSR count). The van der Waals surface area contributed by atoms with Gasteiger partial charge in [-0.15, -0.1) is 0 Å². The number of rotatable bonds is 0. The van der Waals surface area contributed by atoms with Crippen LogP contribution in [0.2, 0.25) is 0 Å². The van der Waals surface area contributed by atoms with Crippen molar-refractivity contribution >= 4 is 6.03 Å². The van der Waals surface area contributed by atoms with Crippen molar-refractivity contribution in [3.8, 4) is 0 Å². The van der Waals surface area contributed by atoms with Crippen LogP contribution in [-0.2, 0) is 0 Å². The van der Waals surface area contributed by atoms with Gasteiger partial charge in [0.2, 0.25) is 0 Å². The Morgan fingerprint density at radius 1 is 1.57 bits per heavy atom. The van der Waals surface area contributed by atoms with Gasteiger partial charge in [-0.25, -0.2) is 4.79 Å². The first kappa shape index (κ1) is 6.27. The summed E-state index contributed by atoms with van der Waals surface area (Å²) >= 11 is 0. The summed E-state index contributed by atoms with van der Waals surface area (Å²) < 4.78 is 0. The van der Waals surface area contributed by atoms with Crippen LogP contribution in [-0.4, -0.2) is 32.1 Å². The number of carbonyl (C=O) groups excluding carboxylic acids is 1. The molecule has 0 aliphatic carbocycles. The summed E-state index contributed by atoms with van der Waals surface area (Å²) in [5.41, 5.74) is 0. The van der Waals surface area contributed by atoms with Gasteiger partial charge < -0.3 is 10.2 Å². The van der Waals surface area contributed by atoms with E-state index in [4.69, 9.17) is 0 Å². The zero-order chi connectivity index (χ0) is 5.86. The first-order valence-electron chi connectivity index (χ1n) is 2.07. The van der Waals surface area contributed by atoms with Gasteiger partial charge >= 0.3 is 6.03 Å². The van der Waals surface area contributed by atoms with Crippen molar-refractivity contribution in [1.82, 2.24) is 10.2 Å². The fraction of sp³-hybridized carbons (Fsp3) is 0.750. The second-order valence-corrected chi connectivity index (χ2v) is 1.45. The van der Waals surface area contributed by atoms with Gasteiger partial charge in [-0.1, -0.05) is 0 Å². The van der Waals surface area contributed by atoms with Crippen LogP contribution < -0.4 is 5.32 Å². The molecular weight excluding hydrogens is 92.1 g/mol. The molecule has 0 aromatic rings. The van der Waals surface area contributed by atoms with Gasteiger partial charge in [0.05, 0.1) is 0 Å². The van der Waals surface area contributed by atoms with E-state index in [1.165, 1.54) is 4.90 Å². The quantitative estimate of drug-likeness (QED) is 0.454. The topological polar surface area (TPSA) is 32.3 Å². The van der Waals surface area contributed by atoms with Gasteiger partial charge in [-0.3, -0.25) is 0 Å². The van der Waals surface area contributed by atoms with E-state index in [1.807, 2.05) is 0 Å².